The minimum atomic E-state index is -0.212. The van der Waals surface area contributed by atoms with Crippen LogP contribution in [0, 0.1) is 26.6 Å². The molecule has 0 aliphatic carbocycles. The van der Waals surface area contributed by atoms with Gasteiger partial charge in [0.1, 0.15) is 5.82 Å². The molecule has 0 saturated heterocycles. The van der Waals surface area contributed by atoms with Crippen molar-refractivity contribution in [1.82, 2.24) is 0 Å². The minimum absolute atomic E-state index is 0.122. The normalized spacial score (nSPS) is 12.5. The summed E-state index contributed by atoms with van der Waals surface area (Å²) in [6, 6.07) is 11.2. The van der Waals surface area contributed by atoms with Gasteiger partial charge in [0.2, 0.25) is 0 Å². The molecule has 100 valence electrons. The molecule has 19 heavy (non-hydrogen) atoms. The summed E-state index contributed by atoms with van der Waals surface area (Å²) in [5.41, 5.74) is 5.68. The fourth-order valence-corrected chi connectivity index (χ4v) is 2.66. The summed E-state index contributed by atoms with van der Waals surface area (Å²) in [7, 11) is 0. The van der Waals surface area contributed by atoms with Gasteiger partial charge in [-0.25, -0.2) is 4.39 Å². The molecule has 2 aromatic carbocycles. The maximum absolute atomic E-state index is 13.1. The van der Waals surface area contributed by atoms with Gasteiger partial charge < -0.3 is 0 Å². The van der Waals surface area contributed by atoms with Gasteiger partial charge in [0.25, 0.3) is 0 Å². The molecule has 0 N–H and O–H groups in total. The molecule has 0 spiro atoms. The second-order valence-corrected chi connectivity index (χ2v) is 5.62. The van der Waals surface area contributed by atoms with E-state index in [1.54, 1.807) is 6.07 Å². The molecule has 0 radical (unpaired) electrons. The first-order valence-corrected chi connectivity index (χ1v) is 6.87. The van der Waals surface area contributed by atoms with Gasteiger partial charge in [-0.3, -0.25) is 0 Å². The van der Waals surface area contributed by atoms with Crippen molar-refractivity contribution in [2.45, 2.75) is 32.6 Å². The molecule has 0 bridgehead atoms. The lowest BCUT2D eigenvalue weighted by Gasteiger charge is -2.14. The van der Waals surface area contributed by atoms with Crippen molar-refractivity contribution in [2.75, 3.05) is 0 Å². The molecule has 0 aliphatic heterocycles. The van der Waals surface area contributed by atoms with Crippen molar-refractivity contribution in [2.24, 2.45) is 0 Å². The standard InChI is InChI=1S/C17H18ClF/c1-11-4-5-14(8-12(11)2)10-17(18)16-7-6-15(19)9-13(16)3/h4-9,17H,10H2,1-3H3. The Balaban J connectivity index is 2.20. The van der Waals surface area contributed by atoms with Crippen LogP contribution in [-0.4, -0.2) is 0 Å². The van der Waals surface area contributed by atoms with Gasteiger partial charge in [0.05, 0.1) is 5.38 Å². The molecule has 0 nitrogen and oxygen atoms in total. The molecule has 0 fully saturated rings. The number of halogens is 2. The Labute approximate surface area is 119 Å². The molecule has 1 atom stereocenters. The third kappa shape index (κ3) is 3.36. The monoisotopic (exact) mass is 276 g/mol. The average Bonchev–Trinajstić information content (AvgIpc) is 2.33. The van der Waals surface area contributed by atoms with Gasteiger partial charge in [-0.1, -0.05) is 24.3 Å². The highest BCUT2D eigenvalue weighted by Gasteiger charge is 2.12. The maximum Gasteiger partial charge on any atom is 0.123 e. The van der Waals surface area contributed by atoms with Crippen LogP contribution in [0.4, 0.5) is 4.39 Å². The van der Waals surface area contributed by atoms with Gasteiger partial charge in [-0.2, -0.15) is 0 Å². The largest absolute Gasteiger partial charge is 0.207 e. The quantitative estimate of drug-likeness (QED) is 0.670. The van der Waals surface area contributed by atoms with Gasteiger partial charge >= 0.3 is 0 Å². The lowest BCUT2D eigenvalue weighted by molar-refractivity contribution is 0.625. The third-order valence-corrected chi connectivity index (χ3v) is 3.94. The fourth-order valence-electron chi connectivity index (χ4n) is 2.24. The van der Waals surface area contributed by atoms with Crippen LogP contribution in [0.1, 0.15) is 33.2 Å². The first kappa shape index (κ1) is 14.1. The molecular weight excluding hydrogens is 259 g/mol. The molecule has 2 heteroatoms. The first-order chi connectivity index (χ1) is 8.97. The molecule has 0 saturated carbocycles. The number of alkyl halides is 1. The van der Waals surface area contributed by atoms with Gasteiger partial charge in [0, 0.05) is 0 Å². The molecule has 2 aromatic rings. The smallest absolute Gasteiger partial charge is 0.123 e. The lowest BCUT2D eigenvalue weighted by Crippen LogP contribution is -1.99. The number of benzene rings is 2. The number of hydrogen-bond donors (Lipinski definition) is 0. The fraction of sp³-hybridized carbons (Fsp3) is 0.294. The van der Waals surface area contributed by atoms with Gasteiger partial charge in [0.15, 0.2) is 0 Å². The van der Waals surface area contributed by atoms with Crippen molar-refractivity contribution < 1.29 is 4.39 Å². The van der Waals surface area contributed by atoms with E-state index in [-0.39, 0.29) is 11.2 Å². The van der Waals surface area contributed by atoms with Crippen molar-refractivity contribution >= 4 is 11.6 Å². The summed E-state index contributed by atoms with van der Waals surface area (Å²) in [5.74, 6) is -0.212. The van der Waals surface area contributed by atoms with Crippen LogP contribution in [0.2, 0.25) is 0 Å². The van der Waals surface area contributed by atoms with Crippen molar-refractivity contribution in [1.29, 1.82) is 0 Å². The highest BCUT2D eigenvalue weighted by Crippen LogP contribution is 2.28. The molecule has 0 heterocycles. The zero-order valence-corrected chi connectivity index (χ0v) is 12.3. The van der Waals surface area contributed by atoms with Crippen molar-refractivity contribution in [3.8, 4) is 0 Å². The van der Waals surface area contributed by atoms with Crippen LogP contribution in [-0.2, 0) is 6.42 Å². The zero-order chi connectivity index (χ0) is 14.0. The van der Waals surface area contributed by atoms with E-state index in [1.165, 1.54) is 28.8 Å². The highest BCUT2D eigenvalue weighted by atomic mass is 35.5. The summed E-state index contributed by atoms with van der Waals surface area (Å²) in [5, 5.41) is -0.122. The van der Waals surface area contributed by atoms with E-state index in [0.717, 1.165) is 17.5 Å². The Hall–Kier alpha value is -1.34. The van der Waals surface area contributed by atoms with E-state index in [2.05, 4.69) is 32.0 Å². The Morgan fingerprint density at radius 3 is 2.32 bits per heavy atom. The SMILES string of the molecule is Cc1ccc(CC(Cl)c2ccc(F)cc2C)cc1C. The molecule has 0 aliphatic rings. The highest BCUT2D eigenvalue weighted by molar-refractivity contribution is 6.21. The second-order valence-electron chi connectivity index (χ2n) is 5.09. The van der Waals surface area contributed by atoms with Crippen LogP contribution >= 0.6 is 11.6 Å². The molecule has 2 rings (SSSR count). The predicted molar refractivity (Wildman–Crippen MR) is 79.4 cm³/mol. The van der Waals surface area contributed by atoms with Crippen LogP contribution < -0.4 is 0 Å². The topological polar surface area (TPSA) is 0 Å². The first-order valence-electron chi connectivity index (χ1n) is 6.43. The number of rotatable bonds is 3. The Bertz CT molecular complexity index is 590. The van der Waals surface area contributed by atoms with Crippen LogP contribution in [0.5, 0.6) is 0 Å². The average molecular weight is 277 g/mol. The Morgan fingerprint density at radius 2 is 1.68 bits per heavy atom. The van der Waals surface area contributed by atoms with E-state index in [0.29, 0.717) is 0 Å². The van der Waals surface area contributed by atoms with Crippen molar-refractivity contribution in [3.63, 3.8) is 0 Å². The summed E-state index contributed by atoms with van der Waals surface area (Å²) >= 11 is 6.47. The Kier molecular flexibility index (Phi) is 4.26. The molecule has 0 amide bonds. The van der Waals surface area contributed by atoms with Crippen LogP contribution in [0.25, 0.3) is 0 Å². The van der Waals surface area contributed by atoms with E-state index in [4.69, 9.17) is 11.6 Å². The predicted octanol–water partition coefficient (Wildman–Crippen LogP) is 5.27. The molecule has 0 aromatic heterocycles. The van der Waals surface area contributed by atoms with E-state index in [9.17, 15) is 4.39 Å². The van der Waals surface area contributed by atoms with Crippen LogP contribution in [0.3, 0.4) is 0 Å². The van der Waals surface area contributed by atoms with E-state index >= 15 is 0 Å². The summed E-state index contributed by atoms with van der Waals surface area (Å²) in [6.07, 6.45) is 0.759. The minimum Gasteiger partial charge on any atom is -0.207 e. The van der Waals surface area contributed by atoms with Crippen molar-refractivity contribution in [3.05, 3.63) is 70.0 Å². The summed E-state index contributed by atoms with van der Waals surface area (Å²) in [6.45, 7) is 6.10. The van der Waals surface area contributed by atoms with E-state index in [1.807, 2.05) is 6.92 Å². The van der Waals surface area contributed by atoms with Gasteiger partial charge in [-0.15, -0.1) is 11.6 Å². The maximum atomic E-state index is 13.1. The zero-order valence-electron chi connectivity index (χ0n) is 11.5. The Morgan fingerprint density at radius 1 is 0.947 bits per heavy atom. The molecular formula is C17H18ClF. The molecule has 1 unspecified atom stereocenters. The summed E-state index contributed by atoms with van der Waals surface area (Å²) < 4.78 is 13.1. The second kappa shape index (κ2) is 5.75. The lowest BCUT2D eigenvalue weighted by atomic mass is 9.98. The number of aryl methyl sites for hydroxylation is 3. The number of hydrogen-bond acceptors (Lipinski definition) is 0. The summed E-state index contributed by atoms with van der Waals surface area (Å²) in [4.78, 5) is 0. The third-order valence-electron chi connectivity index (χ3n) is 3.56. The van der Waals surface area contributed by atoms with Crippen LogP contribution in [0.15, 0.2) is 36.4 Å². The van der Waals surface area contributed by atoms with E-state index < -0.39 is 0 Å². The van der Waals surface area contributed by atoms with Gasteiger partial charge in [-0.05, 0) is 67.1 Å².